The second-order valence-electron chi connectivity index (χ2n) is 15.6. The normalized spacial score (nSPS) is 12.4. The van der Waals surface area contributed by atoms with Crippen molar-refractivity contribution in [2.45, 2.75) is 0 Å². The summed E-state index contributed by atoms with van der Waals surface area (Å²) in [5.41, 5.74) is 5.24. The van der Waals surface area contributed by atoms with Crippen LogP contribution in [0.2, 0.25) is 0 Å². The average Bonchev–Trinajstić information content (AvgIpc) is 3.99. The Hall–Kier alpha value is -7.18. The SMILES string of the molecule is c1ccc2c(c1)ccc1sc3cc(-c4nc(-n5c6ccccc6c6c7ccccc7c7c8ccccc8sc7c65)nc5c6ccccc6c6ccccc6c45)ccc3c12. The first-order chi connectivity index (χ1) is 29.3. The van der Waals surface area contributed by atoms with Gasteiger partial charge >= 0.3 is 0 Å². The van der Waals surface area contributed by atoms with Crippen LogP contribution in [0, 0.1) is 0 Å². The number of fused-ring (bicyclic) bond motifs is 21. The first kappa shape index (κ1) is 31.9. The van der Waals surface area contributed by atoms with Crippen LogP contribution < -0.4 is 0 Å². The van der Waals surface area contributed by atoms with Crippen LogP contribution in [0.15, 0.2) is 176 Å². The molecule has 0 aliphatic carbocycles. The highest BCUT2D eigenvalue weighted by Crippen LogP contribution is 2.49. The van der Waals surface area contributed by atoms with Gasteiger partial charge in [0.2, 0.25) is 5.95 Å². The molecule has 10 aromatic carbocycles. The van der Waals surface area contributed by atoms with Gasteiger partial charge in [-0.3, -0.25) is 4.57 Å². The zero-order valence-corrected chi connectivity index (χ0v) is 33.0. The van der Waals surface area contributed by atoms with Gasteiger partial charge in [-0.05, 0) is 62.0 Å². The van der Waals surface area contributed by atoms with Crippen molar-refractivity contribution in [2.75, 3.05) is 0 Å². The maximum absolute atomic E-state index is 5.78. The van der Waals surface area contributed by atoms with E-state index in [1.54, 1.807) is 0 Å². The Morgan fingerprint density at radius 3 is 1.80 bits per heavy atom. The molecule has 0 N–H and O–H groups in total. The summed E-state index contributed by atoms with van der Waals surface area (Å²) >= 11 is 3.73. The van der Waals surface area contributed by atoms with Gasteiger partial charge in [0.25, 0.3) is 0 Å². The first-order valence-electron chi connectivity index (χ1n) is 20.0. The number of para-hydroxylation sites is 1. The van der Waals surface area contributed by atoms with Gasteiger partial charge in [-0.1, -0.05) is 152 Å². The number of aromatic nitrogens is 3. The number of nitrogens with zero attached hydrogens (tertiary/aromatic N) is 3. The Balaban J connectivity index is 1.18. The van der Waals surface area contributed by atoms with Crippen molar-refractivity contribution in [3.63, 3.8) is 0 Å². The molecule has 0 fully saturated rings. The second kappa shape index (κ2) is 11.7. The molecule has 0 spiro atoms. The van der Waals surface area contributed by atoms with Gasteiger partial charge in [0, 0.05) is 62.8 Å². The van der Waals surface area contributed by atoms with E-state index in [2.05, 4.69) is 180 Å². The predicted molar refractivity (Wildman–Crippen MR) is 255 cm³/mol. The van der Waals surface area contributed by atoms with Gasteiger partial charge in [-0.15, -0.1) is 22.7 Å². The lowest BCUT2D eigenvalue weighted by Gasteiger charge is -2.16. The maximum Gasteiger partial charge on any atom is 0.235 e. The number of benzene rings is 10. The number of rotatable bonds is 2. The van der Waals surface area contributed by atoms with Crippen LogP contribution in [-0.2, 0) is 0 Å². The largest absolute Gasteiger partial charge is 0.276 e. The van der Waals surface area contributed by atoms with Gasteiger partial charge in [-0.2, -0.15) is 0 Å². The molecular formula is C54H29N3S2. The molecule has 4 heterocycles. The molecule has 14 aromatic rings. The molecule has 0 saturated carbocycles. The molecule has 5 heteroatoms. The molecule has 0 saturated heterocycles. The lowest BCUT2D eigenvalue weighted by Crippen LogP contribution is -2.04. The molecule has 59 heavy (non-hydrogen) atoms. The maximum atomic E-state index is 5.78. The highest BCUT2D eigenvalue weighted by Gasteiger charge is 2.25. The van der Waals surface area contributed by atoms with Gasteiger partial charge in [0.1, 0.15) is 0 Å². The monoisotopic (exact) mass is 783 g/mol. The van der Waals surface area contributed by atoms with Crippen LogP contribution in [0.3, 0.4) is 0 Å². The average molecular weight is 784 g/mol. The first-order valence-corrected chi connectivity index (χ1v) is 21.6. The molecule has 3 nitrogen and oxygen atoms in total. The van der Waals surface area contributed by atoms with Crippen LogP contribution in [-0.4, -0.2) is 14.5 Å². The van der Waals surface area contributed by atoms with Crippen molar-refractivity contribution in [1.29, 1.82) is 0 Å². The number of hydrogen-bond acceptors (Lipinski definition) is 4. The van der Waals surface area contributed by atoms with Gasteiger partial charge in [0.05, 0.1) is 26.9 Å². The summed E-state index contributed by atoms with van der Waals surface area (Å²) < 4.78 is 7.45. The minimum absolute atomic E-state index is 0.676. The van der Waals surface area contributed by atoms with Crippen LogP contribution in [0.5, 0.6) is 0 Å². The molecule has 0 aliphatic rings. The molecule has 272 valence electrons. The summed E-state index contributed by atoms with van der Waals surface area (Å²) in [5.74, 6) is 0.676. The summed E-state index contributed by atoms with van der Waals surface area (Å²) in [6.45, 7) is 0. The van der Waals surface area contributed by atoms with Crippen LogP contribution in [0.1, 0.15) is 0 Å². The Morgan fingerprint density at radius 1 is 0.373 bits per heavy atom. The van der Waals surface area contributed by atoms with E-state index in [0.29, 0.717) is 5.95 Å². The summed E-state index contributed by atoms with van der Waals surface area (Å²) in [4.78, 5) is 11.5. The molecule has 0 aliphatic heterocycles. The topological polar surface area (TPSA) is 30.7 Å². The fourth-order valence-corrected chi connectivity index (χ4v) is 12.5. The lowest BCUT2D eigenvalue weighted by molar-refractivity contribution is 1.02. The van der Waals surface area contributed by atoms with E-state index in [1.807, 2.05) is 22.7 Å². The van der Waals surface area contributed by atoms with Crippen molar-refractivity contribution in [3.05, 3.63) is 176 Å². The summed E-state index contributed by atoms with van der Waals surface area (Å²) in [6, 6.07) is 64.3. The third kappa shape index (κ3) is 4.25. The van der Waals surface area contributed by atoms with Crippen molar-refractivity contribution in [1.82, 2.24) is 14.5 Å². The Kier molecular flexibility index (Phi) is 6.32. The summed E-state index contributed by atoms with van der Waals surface area (Å²) in [5, 5.41) is 18.4. The van der Waals surface area contributed by atoms with E-state index >= 15 is 0 Å². The van der Waals surface area contributed by atoms with Crippen molar-refractivity contribution >= 4 is 139 Å². The van der Waals surface area contributed by atoms with Gasteiger partial charge in [-0.25, -0.2) is 9.97 Å². The number of hydrogen-bond donors (Lipinski definition) is 0. The lowest BCUT2D eigenvalue weighted by atomic mass is 9.94. The van der Waals surface area contributed by atoms with Crippen LogP contribution in [0.25, 0.3) is 133 Å². The van der Waals surface area contributed by atoms with Gasteiger partial charge in [0.15, 0.2) is 0 Å². The highest BCUT2D eigenvalue weighted by atomic mass is 32.1. The van der Waals surface area contributed by atoms with E-state index in [0.717, 1.165) is 44.0 Å². The molecule has 4 aromatic heterocycles. The minimum atomic E-state index is 0.676. The molecule has 0 amide bonds. The molecule has 14 rings (SSSR count). The summed E-state index contributed by atoms with van der Waals surface area (Å²) in [7, 11) is 0. The molecule has 0 unspecified atom stereocenters. The van der Waals surface area contributed by atoms with Gasteiger partial charge < -0.3 is 0 Å². The zero-order valence-electron chi connectivity index (χ0n) is 31.4. The minimum Gasteiger partial charge on any atom is -0.276 e. The smallest absolute Gasteiger partial charge is 0.235 e. The third-order valence-corrected chi connectivity index (χ3v) is 14.8. The van der Waals surface area contributed by atoms with E-state index < -0.39 is 0 Å². The standard InChI is InChI=1S/C54H29N3S2/c1-2-14-32-30(13-1)26-28-44-46(32)41-27-25-31(29-45(41)58-44)50-49-35-17-5-3-15-33(35)34-16-4-8-20-38(34)51(49)56-54(55-50)57-42-23-11-9-21-39(42)47-36-18-6-7-19-37(36)48-40-22-10-12-24-43(40)59-53(48)52(47)57/h1-29H. The fraction of sp³-hybridized carbons (Fsp3) is 0. The molecule has 0 radical (unpaired) electrons. The van der Waals surface area contributed by atoms with Crippen molar-refractivity contribution < 1.29 is 0 Å². The predicted octanol–water partition coefficient (Wildman–Crippen LogP) is 15.7. The van der Waals surface area contributed by atoms with E-state index in [4.69, 9.17) is 9.97 Å². The quantitative estimate of drug-likeness (QED) is 0.164. The molecule has 0 atom stereocenters. The zero-order chi connectivity index (χ0) is 38.3. The second-order valence-corrected chi connectivity index (χ2v) is 17.7. The Labute approximate surface area is 344 Å². The van der Waals surface area contributed by atoms with Crippen LogP contribution >= 0.6 is 22.7 Å². The number of thiophene rings is 2. The van der Waals surface area contributed by atoms with Crippen molar-refractivity contribution in [2.24, 2.45) is 0 Å². The summed E-state index contributed by atoms with van der Waals surface area (Å²) in [6.07, 6.45) is 0. The van der Waals surface area contributed by atoms with Crippen molar-refractivity contribution in [3.8, 4) is 17.2 Å². The molecular weight excluding hydrogens is 755 g/mol. The van der Waals surface area contributed by atoms with E-state index in [1.165, 1.54) is 83.4 Å². The van der Waals surface area contributed by atoms with Crippen LogP contribution in [0.4, 0.5) is 0 Å². The highest BCUT2D eigenvalue weighted by molar-refractivity contribution is 7.27. The van der Waals surface area contributed by atoms with E-state index in [9.17, 15) is 0 Å². The Bertz CT molecular complexity index is 4150. The fourth-order valence-electron chi connectivity index (χ4n) is 10.1. The van der Waals surface area contributed by atoms with E-state index in [-0.39, 0.29) is 0 Å². The third-order valence-electron chi connectivity index (χ3n) is 12.6. The Morgan fingerprint density at radius 2 is 0.983 bits per heavy atom. The molecule has 0 bridgehead atoms.